The molecule has 0 radical (unpaired) electrons. The Morgan fingerprint density at radius 3 is 1.17 bits per heavy atom. The lowest BCUT2D eigenvalue weighted by Gasteiger charge is -2.21. The molecule has 0 amide bonds. The van der Waals surface area contributed by atoms with Crippen LogP contribution >= 0.6 is 0 Å². The van der Waals surface area contributed by atoms with Gasteiger partial charge in [0.05, 0.1) is 28.1 Å². The van der Waals surface area contributed by atoms with Gasteiger partial charge in [-0.2, -0.15) is 0 Å². The minimum absolute atomic E-state index is 0.0633. The zero-order valence-electron chi connectivity index (χ0n) is 36.5. The zero-order chi connectivity index (χ0) is 43.3. The van der Waals surface area contributed by atoms with Crippen molar-refractivity contribution >= 4 is 21.8 Å². The average molecular weight is 817 g/mol. The largest absolute Gasteiger partial charge is 0.309 e. The van der Waals surface area contributed by atoms with Crippen LogP contribution in [0.5, 0.6) is 0 Å². The van der Waals surface area contributed by atoms with Crippen LogP contribution in [0.3, 0.4) is 0 Å². The summed E-state index contributed by atoms with van der Waals surface area (Å²) in [7, 11) is 0. The van der Waals surface area contributed by atoms with Crippen LogP contribution in [0.25, 0.3) is 95.6 Å². The molecule has 10 rings (SSSR count). The summed E-state index contributed by atoms with van der Waals surface area (Å²) in [6.07, 6.45) is 0. The van der Waals surface area contributed by atoms with E-state index < -0.39 is 0 Å². The average Bonchev–Trinajstić information content (AvgIpc) is 3.64. The van der Waals surface area contributed by atoms with Crippen molar-refractivity contribution in [2.24, 2.45) is 0 Å². The van der Waals surface area contributed by atoms with Crippen molar-refractivity contribution in [2.45, 2.75) is 52.4 Å². The zero-order valence-corrected chi connectivity index (χ0v) is 36.5. The first-order valence-corrected chi connectivity index (χ1v) is 21.6. The maximum Gasteiger partial charge on any atom is 0.164 e. The van der Waals surface area contributed by atoms with Gasteiger partial charge in [-0.05, 0) is 58.4 Å². The number of aromatic nitrogens is 6. The normalized spacial score (nSPS) is 12.0. The van der Waals surface area contributed by atoms with E-state index in [0.717, 1.165) is 61.5 Å². The highest BCUT2D eigenvalue weighted by Gasteiger charge is 2.24. The molecule has 0 saturated carbocycles. The minimum Gasteiger partial charge on any atom is -0.309 e. The molecule has 0 N–H and O–H groups in total. The number of fused-ring (bicyclic) bond motifs is 3. The first-order chi connectivity index (χ1) is 30.5. The predicted molar refractivity (Wildman–Crippen MR) is 260 cm³/mol. The van der Waals surface area contributed by atoms with Crippen LogP contribution in [0.1, 0.15) is 52.7 Å². The summed E-state index contributed by atoms with van der Waals surface area (Å²) in [6.45, 7) is 13.7. The summed E-state index contributed by atoms with van der Waals surface area (Å²) in [5.74, 6) is 2.44. The fraction of sp³-hybridized carbons (Fsp3) is 0.140. The lowest BCUT2D eigenvalue weighted by Crippen LogP contribution is -2.11. The Balaban J connectivity index is 1.31. The standard InChI is InChI=1S/C57H48N6/c1-56(2,3)42-28-30-44-45-31-29-43(57(4,5)6)35-51(45)63(50(44)34-42)49-32-27-41(55-61-53(39-23-15-9-16-24-39)60-54(62-55)40-25-17-10-18-26-40)33-46(49)48-36-47(37-19-11-7-12-20-37)58-52(59-48)38-21-13-8-14-22-38/h7-36H,1-6H3. The molecule has 3 aromatic heterocycles. The van der Waals surface area contributed by atoms with Gasteiger partial charge >= 0.3 is 0 Å². The Morgan fingerprint density at radius 2 is 0.730 bits per heavy atom. The second kappa shape index (κ2) is 15.7. The monoisotopic (exact) mass is 816 g/mol. The van der Waals surface area contributed by atoms with E-state index in [0.29, 0.717) is 23.3 Å². The van der Waals surface area contributed by atoms with Crippen molar-refractivity contribution < 1.29 is 0 Å². The third-order valence-corrected chi connectivity index (χ3v) is 11.8. The molecule has 0 bridgehead atoms. The molecule has 0 saturated heterocycles. The second-order valence-electron chi connectivity index (χ2n) is 18.3. The molecular weight excluding hydrogens is 769 g/mol. The van der Waals surface area contributed by atoms with Crippen LogP contribution in [-0.4, -0.2) is 29.5 Å². The van der Waals surface area contributed by atoms with E-state index in [9.17, 15) is 0 Å². The maximum absolute atomic E-state index is 5.43. The van der Waals surface area contributed by atoms with Crippen LogP contribution in [-0.2, 0) is 10.8 Å². The van der Waals surface area contributed by atoms with Gasteiger partial charge in [-0.15, -0.1) is 0 Å². The van der Waals surface area contributed by atoms with Gasteiger partial charge in [0.2, 0.25) is 0 Å². The Bertz CT molecular complexity index is 3080. The van der Waals surface area contributed by atoms with E-state index in [4.69, 9.17) is 24.9 Å². The predicted octanol–water partition coefficient (Wildman–Crippen LogP) is 14.4. The van der Waals surface area contributed by atoms with E-state index in [1.165, 1.54) is 21.9 Å². The van der Waals surface area contributed by atoms with Crippen LogP contribution in [0, 0.1) is 0 Å². The van der Waals surface area contributed by atoms with Crippen LogP contribution in [0.2, 0.25) is 0 Å². The van der Waals surface area contributed by atoms with E-state index in [1.807, 2.05) is 84.9 Å². The van der Waals surface area contributed by atoms with E-state index in [1.54, 1.807) is 0 Å². The van der Waals surface area contributed by atoms with Gasteiger partial charge in [-0.3, -0.25) is 0 Å². The van der Waals surface area contributed by atoms with Gasteiger partial charge in [0.1, 0.15) is 0 Å². The quantitative estimate of drug-likeness (QED) is 0.160. The highest BCUT2D eigenvalue weighted by atomic mass is 15.0. The Labute approximate surface area is 369 Å². The number of benzene rings is 7. The first-order valence-electron chi connectivity index (χ1n) is 21.6. The highest BCUT2D eigenvalue weighted by Crippen LogP contribution is 2.41. The lowest BCUT2D eigenvalue weighted by atomic mass is 9.86. The van der Waals surface area contributed by atoms with Crippen molar-refractivity contribution in [1.82, 2.24) is 29.5 Å². The Morgan fingerprint density at radius 1 is 0.333 bits per heavy atom. The summed E-state index contributed by atoms with van der Waals surface area (Å²) in [6, 6.07) is 63.4. The Kier molecular flexibility index (Phi) is 9.87. The summed E-state index contributed by atoms with van der Waals surface area (Å²) in [4.78, 5) is 26.0. The number of hydrogen-bond acceptors (Lipinski definition) is 5. The molecule has 7 aromatic carbocycles. The number of hydrogen-bond donors (Lipinski definition) is 0. The number of rotatable bonds is 7. The molecular formula is C57H48N6. The molecule has 306 valence electrons. The maximum atomic E-state index is 5.43. The van der Waals surface area contributed by atoms with Gasteiger partial charge in [-0.25, -0.2) is 24.9 Å². The smallest absolute Gasteiger partial charge is 0.164 e. The van der Waals surface area contributed by atoms with Crippen molar-refractivity contribution in [1.29, 1.82) is 0 Å². The second-order valence-corrected chi connectivity index (χ2v) is 18.3. The first kappa shape index (κ1) is 39.6. The van der Waals surface area contributed by atoms with Crippen molar-refractivity contribution in [3.8, 4) is 73.8 Å². The third kappa shape index (κ3) is 7.70. The van der Waals surface area contributed by atoms with Gasteiger partial charge in [0.25, 0.3) is 0 Å². The van der Waals surface area contributed by atoms with Gasteiger partial charge < -0.3 is 4.57 Å². The lowest BCUT2D eigenvalue weighted by molar-refractivity contribution is 0.591. The van der Waals surface area contributed by atoms with Crippen LogP contribution < -0.4 is 0 Å². The summed E-state index contributed by atoms with van der Waals surface area (Å²) in [5.41, 5.74) is 12.8. The van der Waals surface area contributed by atoms with E-state index in [2.05, 4.69) is 143 Å². The van der Waals surface area contributed by atoms with E-state index >= 15 is 0 Å². The fourth-order valence-corrected chi connectivity index (χ4v) is 8.28. The topological polar surface area (TPSA) is 69.4 Å². The molecule has 6 heteroatoms. The Hall–Kier alpha value is -7.57. The third-order valence-electron chi connectivity index (χ3n) is 11.8. The van der Waals surface area contributed by atoms with Crippen molar-refractivity contribution in [3.05, 3.63) is 193 Å². The summed E-state index contributed by atoms with van der Waals surface area (Å²) < 4.78 is 2.44. The molecule has 10 aromatic rings. The molecule has 6 nitrogen and oxygen atoms in total. The molecule has 0 unspecified atom stereocenters. The van der Waals surface area contributed by atoms with E-state index in [-0.39, 0.29) is 10.8 Å². The van der Waals surface area contributed by atoms with Crippen molar-refractivity contribution in [2.75, 3.05) is 0 Å². The summed E-state index contributed by atoms with van der Waals surface area (Å²) >= 11 is 0. The minimum atomic E-state index is -0.0633. The van der Waals surface area contributed by atoms with Gasteiger partial charge in [0.15, 0.2) is 23.3 Å². The number of nitrogens with zero attached hydrogens (tertiary/aromatic N) is 6. The summed E-state index contributed by atoms with van der Waals surface area (Å²) in [5, 5.41) is 2.40. The van der Waals surface area contributed by atoms with Crippen LogP contribution in [0.15, 0.2) is 182 Å². The molecule has 0 aliphatic carbocycles. The highest BCUT2D eigenvalue weighted by molar-refractivity contribution is 6.10. The molecule has 0 aliphatic heterocycles. The molecule has 3 heterocycles. The fourth-order valence-electron chi connectivity index (χ4n) is 8.28. The molecule has 0 spiro atoms. The molecule has 0 atom stereocenters. The van der Waals surface area contributed by atoms with Gasteiger partial charge in [0, 0.05) is 44.2 Å². The van der Waals surface area contributed by atoms with Crippen LogP contribution in [0.4, 0.5) is 0 Å². The van der Waals surface area contributed by atoms with Gasteiger partial charge in [-0.1, -0.05) is 187 Å². The molecule has 0 fully saturated rings. The van der Waals surface area contributed by atoms with Crippen molar-refractivity contribution in [3.63, 3.8) is 0 Å². The molecule has 0 aliphatic rings. The SMILES string of the molecule is CC(C)(C)c1ccc2c3ccc(C(C)(C)C)cc3n(-c3ccc(-c4nc(-c5ccccc5)nc(-c5ccccc5)n4)cc3-c3cc(-c4ccccc4)nc(-c4ccccc4)n3)c2c1. The molecule has 63 heavy (non-hydrogen) atoms.